The average molecular weight is 464 g/mol. The number of carbonyl (C=O) groups is 3. The highest BCUT2D eigenvalue weighted by atomic mass is 35.5. The first-order valence-electron chi connectivity index (χ1n) is 10.3. The number of amides is 4. The van der Waals surface area contributed by atoms with Crippen LogP contribution in [0.2, 0.25) is 5.02 Å². The Morgan fingerprint density at radius 2 is 1.70 bits per heavy atom. The van der Waals surface area contributed by atoms with E-state index in [-0.39, 0.29) is 18.7 Å². The number of barbiturate groups is 1. The zero-order chi connectivity index (χ0) is 23.5. The van der Waals surface area contributed by atoms with Crippen molar-refractivity contribution in [2.24, 2.45) is 0 Å². The summed E-state index contributed by atoms with van der Waals surface area (Å²) in [6.07, 6.45) is 3.31. The molecule has 1 aromatic heterocycles. The Morgan fingerprint density at radius 3 is 2.39 bits per heavy atom. The van der Waals surface area contributed by atoms with Crippen molar-refractivity contribution in [2.75, 3.05) is 25.2 Å². The summed E-state index contributed by atoms with van der Waals surface area (Å²) in [6, 6.07) is 17.0. The number of aromatic nitrogens is 1. The van der Waals surface area contributed by atoms with Crippen molar-refractivity contribution < 1.29 is 19.1 Å². The highest BCUT2D eigenvalue weighted by molar-refractivity contribution is 6.39. The number of hydrogen-bond acceptors (Lipinski definition) is 4. The number of methoxy groups -OCH3 is 1. The van der Waals surface area contributed by atoms with Gasteiger partial charge in [0.1, 0.15) is 5.57 Å². The van der Waals surface area contributed by atoms with E-state index in [2.05, 4.69) is 0 Å². The van der Waals surface area contributed by atoms with E-state index in [0.717, 1.165) is 21.1 Å². The van der Waals surface area contributed by atoms with Crippen LogP contribution in [0.5, 0.6) is 0 Å². The number of carbonyl (C=O) groups excluding carboxylic acids is 3. The third-order valence-electron chi connectivity index (χ3n) is 5.37. The van der Waals surface area contributed by atoms with Gasteiger partial charge in [0.15, 0.2) is 0 Å². The molecule has 3 aromatic rings. The molecule has 0 N–H and O–H groups in total. The van der Waals surface area contributed by atoms with E-state index in [1.54, 1.807) is 42.5 Å². The number of para-hydroxylation sites is 1. The van der Waals surface area contributed by atoms with E-state index in [4.69, 9.17) is 16.3 Å². The summed E-state index contributed by atoms with van der Waals surface area (Å²) in [6.45, 7) is 2.09. The summed E-state index contributed by atoms with van der Waals surface area (Å²) < 4.78 is 6.88. The molecular weight excluding hydrogens is 442 g/mol. The molecule has 4 amide bonds. The van der Waals surface area contributed by atoms with Gasteiger partial charge in [0, 0.05) is 29.7 Å². The van der Waals surface area contributed by atoms with Crippen molar-refractivity contribution in [1.29, 1.82) is 0 Å². The molecule has 1 saturated heterocycles. The van der Waals surface area contributed by atoms with Gasteiger partial charge in [-0.1, -0.05) is 35.9 Å². The molecule has 0 unspecified atom stereocenters. The van der Waals surface area contributed by atoms with Gasteiger partial charge in [0.2, 0.25) is 0 Å². The van der Waals surface area contributed by atoms with Crippen molar-refractivity contribution in [1.82, 2.24) is 9.47 Å². The maximum atomic E-state index is 13.4. The number of aryl methyl sites for hydroxylation is 1. The Morgan fingerprint density at radius 1 is 0.939 bits per heavy atom. The van der Waals surface area contributed by atoms with Crippen molar-refractivity contribution in [3.63, 3.8) is 0 Å². The fraction of sp³-hybridized carbons (Fsp3) is 0.160. The summed E-state index contributed by atoms with van der Waals surface area (Å²) in [5.74, 6) is -1.34. The van der Waals surface area contributed by atoms with E-state index < -0.39 is 17.8 Å². The van der Waals surface area contributed by atoms with Crippen molar-refractivity contribution >= 4 is 41.2 Å². The van der Waals surface area contributed by atoms with Crippen LogP contribution in [-0.4, -0.2) is 47.6 Å². The molecule has 7 nitrogen and oxygen atoms in total. The lowest BCUT2D eigenvalue weighted by Gasteiger charge is -2.33. The van der Waals surface area contributed by atoms with Crippen molar-refractivity contribution in [2.45, 2.75) is 6.92 Å². The lowest BCUT2D eigenvalue weighted by molar-refractivity contribution is -0.129. The van der Waals surface area contributed by atoms with E-state index in [1.165, 1.54) is 13.2 Å². The monoisotopic (exact) mass is 463 g/mol. The Balaban J connectivity index is 1.79. The van der Waals surface area contributed by atoms with Crippen LogP contribution in [0.4, 0.5) is 10.5 Å². The fourth-order valence-electron chi connectivity index (χ4n) is 3.59. The highest BCUT2D eigenvalue weighted by Crippen LogP contribution is 2.27. The van der Waals surface area contributed by atoms with Gasteiger partial charge in [0.05, 0.1) is 18.8 Å². The minimum Gasteiger partial charge on any atom is -0.383 e. The SMILES string of the molecule is COCCN1C(=O)/C(=C/c2cccn2-c2ccc(C)c(Cl)c2)C(=O)N(c2ccccc2)C1=O. The summed E-state index contributed by atoms with van der Waals surface area (Å²) in [4.78, 5) is 41.7. The topological polar surface area (TPSA) is 71.8 Å². The molecule has 0 saturated carbocycles. The van der Waals surface area contributed by atoms with Crippen LogP contribution in [0.15, 0.2) is 72.4 Å². The summed E-state index contributed by atoms with van der Waals surface area (Å²) in [5.41, 5.74) is 2.59. The number of hydrogen-bond donors (Lipinski definition) is 0. The molecule has 1 fully saturated rings. The third-order valence-corrected chi connectivity index (χ3v) is 5.78. The zero-order valence-corrected chi connectivity index (χ0v) is 19.0. The van der Waals surface area contributed by atoms with Crippen LogP contribution in [0.3, 0.4) is 0 Å². The number of nitrogens with zero attached hydrogens (tertiary/aromatic N) is 3. The second-order valence-electron chi connectivity index (χ2n) is 7.50. The first-order valence-corrected chi connectivity index (χ1v) is 10.7. The summed E-state index contributed by atoms with van der Waals surface area (Å²) in [5, 5.41) is 0.608. The Labute approximate surface area is 196 Å². The van der Waals surface area contributed by atoms with Crippen LogP contribution >= 0.6 is 11.6 Å². The lowest BCUT2D eigenvalue weighted by Crippen LogP contribution is -2.57. The molecule has 0 radical (unpaired) electrons. The molecule has 0 spiro atoms. The second kappa shape index (κ2) is 9.44. The maximum Gasteiger partial charge on any atom is 0.338 e. The molecule has 4 rings (SSSR count). The van der Waals surface area contributed by atoms with E-state index in [1.807, 2.05) is 35.9 Å². The molecule has 2 aromatic carbocycles. The first-order chi connectivity index (χ1) is 15.9. The normalized spacial score (nSPS) is 15.6. The standard InChI is InChI=1S/C25H22ClN3O4/c1-17-10-11-20(16-22(17)26)27-12-6-9-19(27)15-21-23(30)28(13-14-33-2)25(32)29(24(21)31)18-7-4-3-5-8-18/h3-12,15-16H,13-14H2,1-2H3/b21-15-. The Kier molecular flexibility index (Phi) is 6.44. The molecule has 1 aliphatic heterocycles. The first kappa shape index (κ1) is 22.5. The molecule has 1 aliphatic rings. The number of anilines is 1. The molecule has 33 heavy (non-hydrogen) atoms. The summed E-state index contributed by atoms with van der Waals surface area (Å²) >= 11 is 6.29. The average Bonchev–Trinajstić information content (AvgIpc) is 3.27. The van der Waals surface area contributed by atoms with Gasteiger partial charge in [-0.3, -0.25) is 14.5 Å². The van der Waals surface area contributed by atoms with Gasteiger partial charge in [-0.15, -0.1) is 0 Å². The van der Waals surface area contributed by atoms with Crippen LogP contribution < -0.4 is 4.90 Å². The number of urea groups is 1. The Bertz CT molecular complexity index is 1250. The zero-order valence-electron chi connectivity index (χ0n) is 18.2. The van der Waals surface area contributed by atoms with Crippen LogP contribution in [0.25, 0.3) is 11.8 Å². The van der Waals surface area contributed by atoms with Gasteiger partial charge in [-0.2, -0.15) is 0 Å². The van der Waals surface area contributed by atoms with Crippen molar-refractivity contribution in [3.8, 4) is 5.69 Å². The second-order valence-corrected chi connectivity index (χ2v) is 7.91. The van der Waals surface area contributed by atoms with Gasteiger partial charge in [-0.05, 0) is 55.0 Å². The molecular formula is C25H22ClN3O4. The van der Waals surface area contributed by atoms with E-state index in [9.17, 15) is 14.4 Å². The smallest absolute Gasteiger partial charge is 0.338 e. The third kappa shape index (κ3) is 4.33. The molecule has 0 atom stereocenters. The van der Waals surface area contributed by atoms with Crippen LogP contribution in [0, 0.1) is 6.92 Å². The predicted octanol–water partition coefficient (Wildman–Crippen LogP) is 4.46. The van der Waals surface area contributed by atoms with Gasteiger partial charge in [-0.25, -0.2) is 9.69 Å². The predicted molar refractivity (Wildman–Crippen MR) is 126 cm³/mol. The van der Waals surface area contributed by atoms with Crippen molar-refractivity contribution in [3.05, 3.63) is 88.7 Å². The maximum absolute atomic E-state index is 13.4. The minimum absolute atomic E-state index is 0.0245. The quantitative estimate of drug-likeness (QED) is 0.399. The minimum atomic E-state index is -0.703. The molecule has 2 heterocycles. The van der Waals surface area contributed by atoms with Crippen LogP contribution in [-0.2, 0) is 14.3 Å². The molecule has 168 valence electrons. The number of imide groups is 2. The lowest BCUT2D eigenvalue weighted by atomic mass is 10.1. The Hall–Kier alpha value is -3.68. The fourth-order valence-corrected chi connectivity index (χ4v) is 3.76. The van der Waals surface area contributed by atoms with E-state index in [0.29, 0.717) is 16.4 Å². The summed E-state index contributed by atoms with van der Waals surface area (Å²) in [7, 11) is 1.48. The number of ether oxygens (including phenoxy) is 1. The van der Waals surface area contributed by atoms with Gasteiger partial charge < -0.3 is 9.30 Å². The molecule has 0 bridgehead atoms. The molecule has 8 heteroatoms. The largest absolute Gasteiger partial charge is 0.383 e. The number of halogens is 1. The van der Waals surface area contributed by atoms with Crippen LogP contribution in [0.1, 0.15) is 11.3 Å². The number of benzene rings is 2. The number of rotatable bonds is 6. The van der Waals surface area contributed by atoms with Gasteiger partial charge in [0.25, 0.3) is 11.8 Å². The highest BCUT2D eigenvalue weighted by Gasteiger charge is 2.42. The molecule has 0 aliphatic carbocycles. The van der Waals surface area contributed by atoms with E-state index >= 15 is 0 Å². The van der Waals surface area contributed by atoms with Gasteiger partial charge >= 0.3 is 6.03 Å².